The monoisotopic (exact) mass is 432 g/mol. The Labute approximate surface area is 189 Å². The highest BCUT2D eigenvalue weighted by Crippen LogP contribution is 2.28. The van der Waals surface area contributed by atoms with Crippen molar-refractivity contribution in [2.45, 2.75) is 45.3 Å². The van der Waals surface area contributed by atoms with Crippen LogP contribution in [0.2, 0.25) is 0 Å². The molecule has 0 unspecified atom stereocenters. The van der Waals surface area contributed by atoms with E-state index < -0.39 is 0 Å². The zero-order chi connectivity index (χ0) is 21.9. The highest BCUT2D eigenvalue weighted by atomic mass is 16.5. The minimum absolute atomic E-state index is 0.0712. The predicted molar refractivity (Wildman–Crippen MR) is 127 cm³/mol. The van der Waals surface area contributed by atoms with Gasteiger partial charge in [-0.1, -0.05) is 36.4 Å². The first-order valence-corrected chi connectivity index (χ1v) is 11.8. The molecule has 1 N–H and O–H groups in total. The molecule has 0 radical (unpaired) electrons. The van der Waals surface area contributed by atoms with Crippen LogP contribution in [-0.2, 0) is 16.1 Å². The highest BCUT2D eigenvalue weighted by Gasteiger charge is 2.28. The number of imidazole rings is 1. The third-order valence-corrected chi connectivity index (χ3v) is 6.90. The van der Waals surface area contributed by atoms with E-state index in [2.05, 4.69) is 64.2 Å². The number of hydrogen-bond acceptors (Lipinski definition) is 4. The number of hydrogen-bond donors (Lipinski definition) is 1. The van der Waals surface area contributed by atoms with E-state index in [0.29, 0.717) is 6.54 Å². The third kappa shape index (κ3) is 4.37. The van der Waals surface area contributed by atoms with E-state index in [0.717, 1.165) is 68.9 Å². The van der Waals surface area contributed by atoms with Crippen LogP contribution in [0.15, 0.2) is 48.5 Å². The van der Waals surface area contributed by atoms with Crippen molar-refractivity contribution < 1.29 is 9.53 Å². The lowest BCUT2D eigenvalue weighted by molar-refractivity contribution is -0.126. The molecular weight excluding hydrogens is 400 g/mol. The smallest absolute Gasteiger partial charge is 0.223 e. The van der Waals surface area contributed by atoms with E-state index in [1.54, 1.807) is 0 Å². The zero-order valence-corrected chi connectivity index (χ0v) is 18.8. The van der Waals surface area contributed by atoms with Gasteiger partial charge < -0.3 is 19.5 Å². The van der Waals surface area contributed by atoms with E-state index in [9.17, 15) is 4.79 Å². The summed E-state index contributed by atoms with van der Waals surface area (Å²) >= 11 is 0. The van der Waals surface area contributed by atoms with Crippen LogP contribution in [0.3, 0.4) is 0 Å². The normalized spacial score (nSPS) is 19.5. The molecule has 2 fully saturated rings. The number of rotatable bonds is 6. The molecule has 2 aliphatic rings. The molecule has 2 aliphatic heterocycles. The molecule has 1 atom stereocenters. The van der Waals surface area contributed by atoms with Gasteiger partial charge in [-0.05, 0) is 55.9 Å². The van der Waals surface area contributed by atoms with Crippen molar-refractivity contribution in [1.29, 1.82) is 0 Å². The topological polar surface area (TPSA) is 59.4 Å². The predicted octanol–water partition coefficient (Wildman–Crippen LogP) is 3.90. The van der Waals surface area contributed by atoms with E-state index in [1.807, 2.05) is 6.07 Å². The van der Waals surface area contributed by atoms with Crippen LogP contribution in [0, 0.1) is 12.8 Å². The molecule has 3 heterocycles. The SMILES string of the molecule is Cc1ccccc1Cn1c(N2CCC(C(=O)NC[C@@H]3CCCO3)CC2)nc2ccccc21. The van der Waals surface area contributed by atoms with Gasteiger partial charge in [0.05, 0.1) is 23.7 Å². The summed E-state index contributed by atoms with van der Waals surface area (Å²) in [5.74, 6) is 1.25. The standard InChI is InChI=1S/C26H32N4O2/c1-19-7-2-3-8-21(19)18-30-24-11-5-4-10-23(24)28-26(30)29-14-12-20(13-15-29)25(31)27-17-22-9-6-16-32-22/h2-5,7-8,10-11,20,22H,6,9,12-18H2,1H3,(H,27,31)/t22-/m0/s1. The van der Waals surface area contributed by atoms with Gasteiger partial charge in [-0.2, -0.15) is 0 Å². The first-order valence-electron chi connectivity index (χ1n) is 11.8. The summed E-state index contributed by atoms with van der Waals surface area (Å²) in [7, 11) is 0. The van der Waals surface area contributed by atoms with Crippen molar-refractivity contribution in [2.75, 3.05) is 31.1 Å². The largest absolute Gasteiger partial charge is 0.376 e. The Hall–Kier alpha value is -2.86. The quantitative estimate of drug-likeness (QED) is 0.642. The number of aryl methyl sites for hydroxylation is 1. The molecule has 5 rings (SSSR count). The number of para-hydroxylation sites is 2. The van der Waals surface area contributed by atoms with E-state index in [4.69, 9.17) is 9.72 Å². The summed E-state index contributed by atoms with van der Waals surface area (Å²) in [5, 5.41) is 3.12. The maximum Gasteiger partial charge on any atom is 0.223 e. The van der Waals surface area contributed by atoms with Gasteiger partial charge in [-0.15, -0.1) is 0 Å². The van der Waals surface area contributed by atoms with Crippen molar-refractivity contribution in [1.82, 2.24) is 14.9 Å². The number of anilines is 1. The number of fused-ring (bicyclic) bond motifs is 1. The maximum absolute atomic E-state index is 12.7. The van der Waals surface area contributed by atoms with Crippen molar-refractivity contribution in [2.24, 2.45) is 5.92 Å². The van der Waals surface area contributed by atoms with Gasteiger partial charge in [0.25, 0.3) is 0 Å². The Morgan fingerprint density at radius 3 is 2.66 bits per heavy atom. The van der Waals surface area contributed by atoms with Gasteiger partial charge in [0, 0.05) is 32.2 Å². The number of nitrogens with zero attached hydrogens (tertiary/aromatic N) is 3. The Bertz CT molecular complexity index is 1080. The minimum Gasteiger partial charge on any atom is -0.376 e. The van der Waals surface area contributed by atoms with Crippen LogP contribution in [0.5, 0.6) is 0 Å². The molecule has 6 nitrogen and oxygen atoms in total. The van der Waals surface area contributed by atoms with Crippen LogP contribution in [0.25, 0.3) is 11.0 Å². The average Bonchev–Trinajstić information content (AvgIpc) is 3.47. The fraction of sp³-hybridized carbons (Fsp3) is 0.462. The molecule has 0 spiro atoms. The first-order chi connectivity index (χ1) is 15.7. The molecule has 0 saturated carbocycles. The molecule has 6 heteroatoms. The number of benzene rings is 2. The molecule has 1 aromatic heterocycles. The van der Waals surface area contributed by atoms with Crippen LogP contribution >= 0.6 is 0 Å². The van der Waals surface area contributed by atoms with Gasteiger partial charge in [-0.25, -0.2) is 4.98 Å². The Morgan fingerprint density at radius 1 is 1.09 bits per heavy atom. The van der Waals surface area contributed by atoms with Gasteiger partial charge >= 0.3 is 0 Å². The second-order valence-electron chi connectivity index (χ2n) is 9.05. The zero-order valence-electron chi connectivity index (χ0n) is 18.8. The van der Waals surface area contributed by atoms with Gasteiger partial charge in [0.1, 0.15) is 0 Å². The van der Waals surface area contributed by atoms with Crippen LogP contribution in [0.4, 0.5) is 5.95 Å². The fourth-order valence-electron chi connectivity index (χ4n) is 4.92. The average molecular weight is 433 g/mol. The molecule has 32 heavy (non-hydrogen) atoms. The van der Waals surface area contributed by atoms with E-state index in [1.165, 1.54) is 11.1 Å². The van der Waals surface area contributed by atoms with E-state index in [-0.39, 0.29) is 17.9 Å². The second-order valence-corrected chi connectivity index (χ2v) is 9.05. The summed E-state index contributed by atoms with van der Waals surface area (Å²) in [6, 6.07) is 16.9. The fourth-order valence-corrected chi connectivity index (χ4v) is 4.92. The lowest BCUT2D eigenvalue weighted by Crippen LogP contribution is -2.43. The van der Waals surface area contributed by atoms with Crippen molar-refractivity contribution in [3.63, 3.8) is 0 Å². The van der Waals surface area contributed by atoms with Gasteiger partial charge in [0.15, 0.2) is 0 Å². The molecule has 0 bridgehead atoms. The van der Waals surface area contributed by atoms with Crippen molar-refractivity contribution in [3.05, 3.63) is 59.7 Å². The molecule has 2 saturated heterocycles. The lowest BCUT2D eigenvalue weighted by Gasteiger charge is -2.32. The molecule has 168 valence electrons. The van der Waals surface area contributed by atoms with Gasteiger partial charge in [-0.3, -0.25) is 4.79 Å². The Balaban J connectivity index is 1.30. The molecule has 2 aromatic carbocycles. The van der Waals surface area contributed by atoms with Crippen LogP contribution in [-0.4, -0.2) is 47.8 Å². The Morgan fingerprint density at radius 2 is 1.88 bits per heavy atom. The maximum atomic E-state index is 12.7. The van der Waals surface area contributed by atoms with Crippen molar-refractivity contribution >= 4 is 22.9 Å². The number of aromatic nitrogens is 2. The minimum atomic E-state index is 0.0712. The van der Waals surface area contributed by atoms with Crippen molar-refractivity contribution in [3.8, 4) is 0 Å². The summed E-state index contributed by atoms with van der Waals surface area (Å²) in [6.45, 7) is 6.11. The molecule has 1 amide bonds. The second kappa shape index (κ2) is 9.33. The summed E-state index contributed by atoms with van der Waals surface area (Å²) in [6.07, 6.45) is 4.05. The number of piperidine rings is 1. The third-order valence-electron chi connectivity index (χ3n) is 6.90. The van der Waals surface area contributed by atoms with E-state index >= 15 is 0 Å². The van der Waals surface area contributed by atoms with Crippen LogP contribution in [0.1, 0.15) is 36.8 Å². The molecule has 3 aromatic rings. The molecule has 0 aliphatic carbocycles. The lowest BCUT2D eigenvalue weighted by atomic mass is 9.96. The Kier molecular flexibility index (Phi) is 6.12. The first kappa shape index (κ1) is 21.0. The summed E-state index contributed by atoms with van der Waals surface area (Å²) in [5.41, 5.74) is 4.77. The number of nitrogens with one attached hydrogen (secondary N) is 1. The number of carbonyl (C=O) groups is 1. The molecular formula is C26H32N4O2. The number of ether oxygens (including phenoxy) is 1. The number of amides is 1. The summed E-state index contributed by atoms with van der Waals surface area (Å²) < 4.78 is 7.96. The summed E-state index contributed by atoms with van der Waals surface area (Å²) in [4.78, 5) is 20.0. The number of carbonyl (C=O) groups excluding carboxylic acids is 1. The highest BCUT2D eigenvalue weighted by molar-refractivity contribution is 5.80. The van der Waals surface area contributed by atoms with Gasteiger partial charge in [0.2, 0.25) is 11.9 Å². The van der Waals surface area contributed by atoms with Crippen LogP contribution < -0.4 is 10.2 Å².